The Hall–Kier alpha value is -4.37. The summed E-state index contributed by atoms with van der Waals surface area (Å²) in [5.41, 5.74) is 3.45. The molecule has 0 radical (unpaired) electrons. The van der Waals surface area contributed by atoms with Crippen molar-refractivity contribution in [2.45, 2.75) is 5.16 Å². The van der Waals surface area contributed by atoms with Crippen LogP contribution in [-0.2, 0) is 4.79 Å². The summed E-state index contributed by atoms with van der Waals surface area (Å²) >= 11 is 1.30. The molecule has 0 spiro atoms. The topological polar surface area (TPSA) is 86.9 Å². The number of para-hydroxylation sites is 1. The van der Waals surface area contributed by atoms with Crippen LogP contribution in [0, 0.1) is 0 Å². The minimum atomic E-state index is -0.174. The van der Waals surface area contributed by atoms with Crippen LogP contribution in [0.3, 0.4) is 0 Å². The van der Waals surface area contributed by atoms with Gasteiger partial charge >= 0.3 is 0 Å². The number of rotatable bonds is 8. The molecule has 0 bridgehead atoms. The summed E-state index contributed by atoms with van der Waals surface area (Å²) < 4.78 is 8.87. The first-order valence-electron chi connectivity index (χ1n) is 10.9. The Morgan fingerprint density at radius 1 is 0.943 bits per heavy atom. The molecule has 0 fully saturated rings. The zero-order chi connectivity index (χ0) is 24.0. The van der Waals surface area contributed by atoms with Crippen molar-refractivity contribution >= 4 is 23.5 Å². The van der Waals surface area contributed by atoms with Gasteiger partial charge in [0.2, 0.25) is 5.91 Å². The molecular formula is C26H22N6O2S. The number of carbonyl (C=O) groups excluding carboxylic acids is 1. The average molecular weight is 483 g/mol. The predicted molar refractivity (Wildman–Crippen MR) is 136 cm³/mol. The van der Waals surface area contributed by atoms with Crippen molar-refractivity contribution in [2.24, 2.45) is 0 Å². The second-order valence-electron chi connectivity index (χ2n) is 7.55. The normalized spacial score (nSPS) is 10.8. The number of ether oxygens (including phenoxy) is 1. The Morgan fingerprint density at radius 2 is 1.69 bits per heavy atom. The first-order valence-corrected chi connectivity index (χ1v) is 11.9. The first-order chi connectivity index (χ1) is 17.2. The Labute approximate surface area is 206 Å². The van der Waals surface area contributed by atoms with Gasteiger partial charge in [-0.05, 0) is 24.3 Å². The molecule has 2 aromatic heterocycles. The molecule has 1 N–H and O–H groups in total. The lowest BCUT2D eigenvalue weighted by molar-refractivity contribution is -0.113. The smallest absolute Gasteiger partial charge is 0.236 e. The van der Waals surface area contributed by atoms with E-state index in [1.54, 1.807) is 18.1 Å². The SMILES string of the molecule is COc1cccc(-n2cnnc2SCC(=O)Nc2cc(-c3ccccc3)nn2-c2ccccc2)c1. The molecule has 35 heavy (non-hydrogen) atoms. The van der Waals surface area contributed by atoms with Crippen molar-refractivity contribution in [3.05, 3.63) is 97.3 Å². The zero-order valence-corrected chi connectivity index (χ0v) is 19.7. The fourth-order valence-corrected chi connectivity index (χ4v) is 4.28. The van der Waals surface area contributed by atoms with Gasteiger partial charge in [0.25, 0.3) is 0 Å². The van der Waals surface area contributed by atoms with Crippen LogP contribution in [0.15, 0.2) is 102 Å². The number of hydrogen-bond acceptors (Lipinski definition) is 6. The highest BCUT2D eigenvalue weighted by atomic mass is 32.2. The first kappa shape index (κ1) is 22.4. The molecule has 0 saturated carbocycles. The fraction of sp³-hybridized carbons (Fsp3) is 0.0769. The van der Waals surface area contributed by atoms with Gasteiger partial charge in [0.05, 0.1) is 29.9 Å². The van der Waals surface area contributed by atoms with Crippen LogP contribution in [0.5, 0.6) is 5.75 Å². The number of anilines is 1. The average Bonchev–Trinajstić information content (AvgIpc) is 3.56. The molecule has 0 aliphatic heterocycles. The second-order valence-corrected chi connectivity index (χ2v) is 8.49. The lowest BCUT2D eigenvalue weighted by atomic mass is 10.2. The third-order valence-electron chi connectivity index (χ3n) is 5.23. The van der Waals surface area contributed by atoms with Gasteiger partial charge in [-0.15, -0.1) is 10.2 Å². The molecule has 2 heterocycles. The van der Waals surface area contributed by atoms with E-state index in [0.717, 1.165) is 28.4 Å². The van der Waals surface area contributed by atoms with Crippen LogP contribution >= 0.6 is 11.8 Å². The van der Waals surface area contributed by atoms with Gasteiger partial charge in [-0.3, -0.25) is 9.36 Å². The van der Waals surface area contributed by atoms with Crippen LogP contribution < -0.4 is 10.1 Å². The van der Waals surface area contributed by atoms with Crippen LogP contribution in [0.1, 0.15) is 0 Å². The molecule has 5 rings (SSSR count). The molecule has 9 heteroatoms. The highest BCUT2D eigenvalue weighted by Gasteiger charge is 2.15. The molecule has 0 unspecified atom stereocenters. The van der Waals surface area contributed by atoms with E-state index in [1.807, 2.05) is 95.6 Å². The monoisotopic (exact) mass is 482 g/mol. The molecular weight excluding hydrogens is 460 g/mol. The van der Waals surface area contributed by atoms with E-state index >= 15 is 0 Å². The van der Waals surface area contributed by atoms with E-state index < -0.39 is 0 Å². The van der Waals surface area contributed by atoms with Gasteiger partial charge in [-0.1, -0.05) is 66.4 Å². The number of benzene rings is 3. The van der Waals surface area contributed by atoms with E-state index in [9.17, 15) is 4.79 Å². The number of nitrogens with zero attached hydrogens (tertiary/aromatic N) is 5. The van der Waals surface area contributed by atoms with Crippen molar-refractivity contribution in [3.63, 3.8) is 0 Å². The zero-order valence-electron chi connectivity index (χ0n) is 18.9. The highest BCUT2D eigenvalue weighted by Crippen LogP contribution is 2.26. The number of aromatic nitrogens is 5. The maximum absolute atomic E-state index is 12.9. The Bertz CT molecular complexity index is 1430. The number of methoxy groups -OCH3 is 1. The number of thioether (sulfide) groups is 1. The van der Waals surface area contributed by atoms with E-state index in [-0.39, 0.29) is 11.7 Å². The van der Waals surface area contributed by atoms with Crippen LogP contribution in [0.25, 0.3) is 22.6 Å². The Morgan fingerprint density at radius 3 is 2.46 bits per heavy atom. The third kappa shape index (κ3) is 5.10. The van der Waals surface area contributed by atoms with Crippen LogP contribution in [0.2, 0.25) is 0 Å². The molecule has 0 aliphatic carbocycles. The maximum Gasteiger partial charge on any atom is 0.236 e. The summed E-state index contributed by atoms with van der Waals surface area (Å²) in [5.74, 6) is 1.30. The minimum absolute atomic E-state index is 0.156. The second kappa shape index (κ2) is 10.3. The third-order valence-corrected chi connectivity index (χ3v) is 6.17. The molecule has 174 valence electrons. The van der Waals surface area contributed by atoms with Gasteiger partial charge in [-0.25, -0.2) is 4.68 Å². The summed E-state index contributed by atoms with van der Waals surface area (Å²) in [4.78, 5) is 12.9. The van der Waals surface area contributed by atoms with Crippen molar-refractivity contribution < 1.29 is 9.53 Å². The quantitative estimate of drug-likeness (QED) is 0.318. The van der Waals surface area contributed by atoms with Crippen molar-refractivity contribution in [3.8, 4) is 28.4 Å². The van der Waals surface area contributed by atoms with Crippen molar-refractivity contribution in [1.29, 1.82) is 0 Å². The predicted octanol–water partition coefficient (Wildman–Crippen LogP) is 4.86. The van der Waals surface area contributed by atoms with Crippen LogP contribution in [0.4, 0.5) is 5.82 Å². The number of hydrogen-bond donors (Lipinski definition) is 1. The lowest BCUT2D eigenvalue weighted by Crippen LogP contribution is -2.17. The number of amides is 1. The van der Waals surface area contributed by atoms with E-state index in [2.05, 4.69) is 15.5 Å². The minimum Gasteiger partial charge on any atom is -0.497 e. The number of nitrogens with one attached hydrogen (secondary N) is 1. The van der Waals surface area contributed by atoms with Crippen LogP contribution in [-0.4, -0.2) is 43.3 Å². The van der Waals surface area contributed by atoms with E-state index in [0.29, 0.717) is 11.0 Å². The summed E-state index contributed by atoms with van der Waals surface area (Å²) in [7, 11) is 1.62. The summed E-state index contributed by atoms with van der Waals surface area (Å²) in [6, 6.07) is 29.0. The van der Waals surface area contributed by atoms with Crippen molar-refractivity contribution in [1.82, 2.24) is 24.5 Å². The van der Waals surface area contributed by atoms with Crippen molar-refractivity contribution in [2.75, 3.05) is 18.2 Å². The summed E-state index contributed by atoms with van der Waals surface area (Å²) in [5, 5.41) is 16.5. The van der Waals surface area contributed by atoms with Gasteiger partial charge in [0, 0.05) is 17.7 Å². The molecule has 1 amide bonds. The molecule has 8 nitrogen and oxygen atoms in total. The Balaban J connectivity index is 1.34. The van der Waals surface area contributed by atoms with E-state index in [4.69, 9.17) is 9.84 Å². The van der Waals surface area contributed by atoms with Gasteiger partial charge in [0.1, 0.15) is 17.9 Å². The lowest BCUT2D eigenvalue weighted by Gasteiger charge is -2.09. The summed E-state index contributed by atoms with van der Waals surface area (Å²) in [6.07, 6.45) is 1.62. The largest absolute Gasteiger partial charge is 0.497 e. The van der Waals surface area contributed by atoms with E-state index in [1.165, 1.54) is 11.8 Å². The van der Waals surface area contributed by atoms with Gasteiger partial charge in [0.15, 0.2) is 5.16 Å². The van der Waals surface area contributed by atoms with Gasteiger partial charge in [-0.2, -0.15) is 5.10 Å². The standard InChI is InChI=1S/C26H22N6O2S/c1-34-22-14-8-13-21(15-22)31-18-27-29-26(31)35-17-25(33)28-24-16-23(19-9-4-2-5-10-19)30-32(24)20-11-6-3-7-12-20/h2-16,18H,17H2,1H3,(H,28,33). The molecule has 3 aromatic carbocycles. The molecule has 0 atom stereocenters. The summed E-state index contributed by atoms with van der Waals surface area (Å²) in [6.45, 7) is 0. The molecule has 0 aliphatic rings. The molecule has 5 aromatic rings. The van der Waals surface area contributed by atoms with Gasteiger partial charge < -0.3 is 10.1 Å². The fourth-order valence-electron chi connectivity index (χ4n) is 3.56. The maximum atomic E-state index is 12.9. The highest BCUT2D eigenvalue weighted by molar-refractivity contribution is 7.99. The number of carbonyl (C=O) groups is 1. The Kier molecular flexibility index (Phi) is 6.58. The molecule has 0 saturated heterocycles.